The topological polar surface area (TPSA) is 28.7 Å². The van der Waals surface area contributed by atoms with E-state index < -0.39 is 0 Å². The summed E-state index contributed by atoms with van der Waals surface area (Å²) in [6, 6.07) is 20.6. The van der Waals surface area contributed by atoms with E-state index in [0.717, 1.165) is 17.8 Å². The Hall–Kier alpha value is -2.35. The van der Waals surface area contributed by atoms with Crippen LogP contribution in [-0.2, 0) is 6.42 Å². The Morgan fingerprint density at radius 2 is 1.67 bits per heavy atom. The molecule has 0 atom stereocenters. The molecule has 0 saturated heterocycles. The molecule has 0 saturated carbocycles. The van der Waals surface area contributed by atoms with Gasteiger partial charge in [-0.25, -0.2) is 0 Å². The largest absolute Gasteiger partial charge is 0.357 e. The van der Waals surface area contributed by atoms with Gasteiger partial charge >= 0.3 is 0 Å². The van der Waals surface area contributed by atoms with Crippen LogP contribution < -0.4 is 0 Å². The van der Waals surface area contributed by atoms with Crippen LogP contribution in [0.4, 0.5) is 0 Å². The smallest absolute Gasteiger partial charge is 0.0864 e. The Bertz CT molecular complexity index is 612. The normalized spacial score (nSPS) is 10.4. The number of benzene rings is 1. The SMILES string of the molecule is c1ccc(Cc2ccc(-c3ccccn3)[nH]2)cc1. The van der Waals surface area contributed by atoms with Gasteiger partial charge in [0.2, 0.25) is 0 Å². The molecule has 0 bridgehead atoms. The van der Waals surface area contributed by atoms with E-state index in [2.05, 4.69) is 46.4 Å². The van der Waals surface area contributed by atoms with Crippen LogP contribution in [0.25, 0.3) is 11.4 Å². The van der Waals surface area contributed by atoms with Gasteiger partial charge in [-0.15, -0.1) is 0 Å². The molecular formula is C16H14N2. The highest BCUT2D eigenvalue weighted by atomic mass is 14.8. The maximum atomic E-state index is 4.34. The number of aromatic amines is 1. The van der Waals surface area contributed by atoms with Gasteiger partial charge < -0.3 is 4.98 Å². The molecule has 18 heavy (non-hydrogen) atoms. The lowest BCUT2D eigenvalue weighted by Gasteiger charge is -1.99. The van der Waals surface area contributed by atoms with Gasteiger partial charge in [-0.3, -0.25) is 4.98 Å². The highest BCUT2D eigenvalue weighted by molar-refractivity contribution is 5.54. The Morgan fingerprint density at radius 3 is 2.44 bits per heavy atom. The second-order valence-electron chi connectivity index (χ2n) is 4.27. The van der Waals surface area contributed by atoms with E-state index >= 15 is 0 Å². The predicted octanol–water partition coefficient (Wildman–Crippen LogP) is 3.67. The minimum Gasteiger partial charge on any atom is -0.357 e. The monoisotopic (exact) mass is 234 g/mol. The first-order valence-corrected chi connectivity index (χ1v) is 6.05. The van der Waals surface area contributed by atoms with E-state index in [1.54, 1.807) is 0 Å². The van der Waals surface area contributed by atoms with Crippen molar-refractivity contribution in [1.82, 2.24) is 9.97 Å². The molecule has 2 nitrogen and oxygen atoms in total. The summed E-state index contributed by atoms with van der Waals surface area (Å²) in [7, 11) is 0. The van der Waals surface area contributed by atoms with Crippen molar-refractivity contribution in [3.05, 3.63) is 78.1 Å². The summed E-state index contributed by atoms with van der Waals surface area (Å²) in [5.41, 5.74) is 4.58. The second kappa shape index (κ2) is 4.88. The lowest BCUT2D eigenvalue weighted by atomic mass is 10.1. The third kappa shape index (κ3) is 2.33. The summed E-state index contributed by atoms with van der Waals surface area (Å²) in [5, 5.41) is 0. The molecule has 1 aromatic carbocycles. The number of hydrogen-bond acceptors (Lipinski definition) is 1. The van der Waals surface area contributed by atoms with Gasteiger partial charge in [-0.1, -0.05) is 36.4 Å². The maximum absolute atomic E-state index is 4.34. The van der Waals surface area contributed by atoms with Crippen molar-refractivity contribution < 1.29 is 0 Å². The van der Waals surface area contributed by atoms with Gasteiger partial charge in [0, 0.05) is 18.3 Å². The average Bonchev–Trinajstić information content (AvgIpc) is 2.89. The van der Waals surface area contributed by atoms with Gasteiger partial charge in [-0.2, -0.15) is 0 Å². The lowest BCUT2D eigenvalue weighted by molar-refractivity contribution is 1.10. The number of H-pyrrole nitrogens is 1. The molecule has 0 amide bonds. The van der Waals surface area contributed by atoms with Gasteiger partial charge in [0.15, 0.2) is 0 Å². The van der Waals surface area contributed by atoms with Crippen molar-refractivity contribution in [3.63, 3.8) is 0 Å². The Kier molecular flexibility index (Phi) is 2.92. The third-order valence-electron chi connectivity index (χ3n) is 2.92. The highest BCUT2D eigenvalue weighted by Gasteiger charge is 2.02. The van der Waals surface area contributed by atoms with Crippen LogP contribution in [-0.4, -0.2) is 9.97 Å². The van der Waals surface area contributed by atoms with Crippen LogP contribution in [0.5, 0.6) is 0 Å². The second-order valence-corrected chi connectivity index (χ2v) is 4.27. The van der Waals surface area contributed by atoms with Gasteiger partial charge in [0.1, 0.15) is 0 Å². The molecule has 3 rings (SSSR count). The maximum Gasteiger partial charge on any atom is 0.0864 e. The number of hydrogen-bond donors (Lipinski definition) is 1. The molecule has 2 heteroatoms. The van der Waals surface area contributed by atoms with Crippen LogP contribution in [0, 0.1) is 0 Å². The standard InChI is InChI=1S/C16H14N2/c1-2-6-13(7-3-1)12-14-9-10-16(18-14)15-8-4-5-11-17-15/h1-11,18H,12H2. The molecule has 0 aliphatic carbocycles. The summed E-state index contributed by atoms with van der Waals surface area (Å²) in [6.07, 6.45) is 2.74. The molecule has 0 unspecified atom stereocenters. The Balaban J connectivity index is 1.82. The molecule has 3 aromatic rings. The predicted molar refractivity (Wildman–Crippen MR) is 73.3 cm³/mol. The molecule has 0 spiro atoms. The quantitative estimate of drug-likeness (QED) is 0.736. The Labute approximate surface area is 106 Å². The van der Waals surface area contributed by atoms with Crippen molar-refractivity contribution in [2.45, 2.75) is 6.42 Å². The summed E-state index contributed by atoms with van der Waals surface area (Å²) >= 11 is 0. The summed E-state index contributed by atoms with van der Waals surface area (Å²) < 4.78 is 0. The number of aromatic nitrogens is 2. The first-order chi connectivity index (χ1) is 8.92. The molecule has 0 radical (unpaired) electrons. The number of pyridine rings is 1. The fourth-order valence-electron chi connectivity index (χ4n) is 2.03. The minimum absolute atomic E-state index is 0.924. The highest BCUT2D eigenvalue weighted by Crippen LogP contribution is 2.17. The summed E-state index contributed by atoms with van der Waals surface area (Å²) in [5.74, 6) is 0. The molecule has 2 aromatic heterocycles. The molecular weight excluding hydrogens is 220 g/mol. The number of nitrogens with zero attached hydrogens (tertiary/aromatic N) is 1. The fraction of sp³-hybridized carbons (Fsp3) is 0.0625. The molecule has 88 valence electrons. The zero-order valence-electron chi connectivity index (χ0n) is 10.0. The molecule has 0 aliphatic heterocycles. The number of rotatable bonds is 3. The van der Waals surface area contributed by atoms with E-state index in [1.807, 2.05) is 30.5 Å². The lowest BCUT2D eigenvalue weighted by Crippen LogP contribution is -1.88. The van der Waals surface area contributed by atoms with Crippen molar-refractivity contribution in [2.24, 2.45) is 0 Å². The van der Waals surface area contributed by atoms with Crippen LogP contribution in [0.1, 0.15) is 11.3 Å². The van der Waals surface area contributed by atoms with Crippen molar-refractivity contribution in [2.75, 3.05) is 0 Å². The number of nitrogens with one attached hydrogen (secondary N) is 1. The summed E-state index contributed by atoms with van der Waals surface area (Å²) in [6.45, 7) is 0. The summed E-state index contributed by atoms with van der Waals surface area (Å²) in [4.78, 5) is 7.75. The van der Waals surface area contributed by atoms with Crippen LogP contribution in [0.15, 0.2) is 66.9 Å². The van der Waals surface area contributed by atoms with E-state index in [0.29, 0.717) is 0 Å². The van der Waals surface area contributed by atoms with E-state index in [1.165, 1.54) is 11.3 Å². The van der Waals surface area contributed by atoms with E-state index in [-0.39, 0.29) is 0 Å². The first-order valence-electron chi connectivity index (χ1n) is 6.05. The third-order valence-corrected chi connectivity index (χ3v) is 2.92. The molecule has 2 heterocycles. The Morgan fingerprint density at radius 1 is 0.833 bits per heavy atom. The minimum atomic E-state index is 0.924. The molecule has 0 fully saturated rings. The zero-order chi connectivity index (χ0) is 12.2. The average molecular weight is 234 g/mol. The van der Waals surface area contributed by atoms with Gasteiger partial charge in [0.25, 0.3) is 0 Å². The van der Waals surface area contributed by atoms with Crippen molar-refractivity contribution in [1.29, 1.82) is 0 Å². The van der Waals surface area contributed by atoms with Gasteiger partial charge in [-0.05, 0) is 29.8 Å². The van der Waals surface area contributed by atoms with E-state index in [9.17, 15) is 0 Å². The van der Waals surface area contributed by atoms with Crippen LogP contribution in [0.3, 0.4) is 0 Å². The van der Waals surface area contributed by atoms with Crippen molar-refractivity contribution >= 4 is 0 Å². The van der Waals surface area contributed by atoms with Crippen LogP contribution >= 0.6 is 0 Å². The fourth-order valence-corrected chi connectivity index (χ4v) is 2.03. The van der Waals surface area contributed by atoms with Crippen molar-refractivity contribution in [3.8, 4) is 11.4 Å². The first kappa shape index (κ1) is 10.8. The molecule has 1 N–H and O–H groups in total. The van der Waals surface area contributed by atoms with Crippen LogP contribution in [0.2, 0.25) is 0 Å². The molecule has 0 aliphatic rings. The zero-order valence-corrected chi connectivity index (χ0v) is 10.0. The van der Waals surface area contributed by atoms with E-state index in [4.69, 9.17) is 0 Å². The van der Waals surface area contributed by atoms with Gasteiger partial charge in [0.05, 0.1) is 11.4 Å².